The quantitative estimate of drug-likeness (QED) is 0.698. The summed E-state index contributed by atoms with van der Waals surface area (Å²) in [6.07, 6.45) is 4.54. The van der Waals surface area contributed by atoms with Gasteiger partial charge in [0.15, 0.2) is 5.79 Å². The van der Waals surface area contributed by atoms with Gasteiger partial charge in [0.1, 0.15) is 0 Å². The topological polar surface area (TPSA) is 44.5 Å². The van der Waals surface area contributed by atoms with E-state index in [-0.39, 0.29) is 11.9 Å². The lowest BCUT2D eigenvalue weighted by Gasteiger charge is -2.39. The van der Waals surface area contributed by atoms with Gasteiger partial charge >= 0.3 is 0 Å². The Balaban J connectivity index is 1.94. The van der Waals surface area contributed by atoms with Crippen LogP contribution in [0.4, 0.5) is 0 Å². The lowest BCUT2D eigenvalue weighted by atomic mass is 9.75. The maximum atomic E-state index is 5.89. The third-order valence-corrected chi connectivity index (χ3v) is 3.54. The highest BCUT2D eigenvalue weighted by Crippen LogP contribution is 2.45. The summed E-state index contributed by atoms with van der Waals surface area (Å²) < 4.78 is 11.7. The number of hydrogen-bond acceptors (Lipinski definition) is 3. The Morgan fingerprint density at radius 1 is 1.21 bits per heavy atom. The monoisotopic (exact) mass is 199 g/mol. The molecule has 1 spiro atoms. The molecule has 1 aliphatic heterocycles. The SMILES string of the molecule is CC1(C)CCC2(CC1)OCC(CN)O2. The average Bonchev–Trinajstić information content (AvgIpc) is 2.56. The van der Waals surface area contributed by atoms with Gasteiger partial charge in [0.05, 0.1) is 12.7 Å². The van der Waals surface area contributed by atoms with Crippen LogP contribution in [0.25, 0.3) is 0 Å². The van der Waals surface area contributed by atoms with Crippen LogP contribution in [0.1, 0.15) is 39.5 Å². The molecule has 3 nitrogen and oxygen atoms in total. The van der Waals surface area contributed by atoms with E-state index in [1.54, 1.807) is 0 Å². The Bertz CT molecular complexity index is 205. The predicted octanol–water partition coefficient (Wildman–Crippen LogP) is 1.66. The van der Waals surface area contributed by atoms with Crippen LogP contribution < -0.4 is 5.73 Å². The molecule has 1 saturated carbocycles. The van der Waals surface area contributed by atoms with Crippen molar-refractivity contribution in [3.05, 3.63) is 0 Å². The van der Waals surface area contributed by atoms with Gasteiger partial charge in [-0.05, 0) is 18.3 Å². The van der Waals surface area contributed by atoms with Crippen molar-refractivity contribution in [1.29, 1.82) is 0 Å². The van der Waals surface area contributed by atoms with Gasteiger partial charge in [0.25, 0.3) is 0 Å². The Morgan fingerprint density at radius 3 is 2.36 bits per heavy atom. The van der Waals surface area contributed by atoms with Gasteiger partial charge in [-0.3, -0.25) is 0 Å². The van der Waals surface area contributed by atoms with Crippen molar-refractivity contribution in [3.8, 4) is 0 Å². The third kappa shape index (κ3) is 1.95. The maximum Gasteiger partial charge on any atom is 0.169 e. The summed E-state index contributed by atoms with van der Waals surface area (Å²) in [6.45, 7) is 5.88. The zero-order chi connectivity index (χ0) is 10.2. The van der Waals surface area contributed by atoms with E-state index >= 15 is 0 Å². The second kappa shape index (κ2) is 3.47. The fourth-order valence-electron chi connectivity index (χ4n) is 2.30. The van der Waals surface area contributed by atoms with E-state index in [1.807, 2.05) is 0 Å². The predicted molar refractivity (Wildman–Crippen MR) is 54.9 cm³/mol. The zero-order valence-electron chi connectivity index (χ0n) is 9.21. The smallest absolute Gasteiger partial charge is 0.169 e. The van der Waals surface area contributed by atoms with Gasteiger partial charge in [-0.1, -0.05) is 13.8 Å². The van der Waals surface area contributed by atoms with Crippen LogP contribution in [0.5, 0.6) is 0 Å². The van der Waals surface area contributed by atoms with Crippen molar-refractivity contribution in [2.24, 2.45) is 11.1 Å². The molecule has 0 radical (unpaired) electrons. The molecule has 2 rings (SSSR count). The molecule has 82 valence electrons. The van der Waals surface area contributed by atoms with Gasteiger partial charge in [-0.15, -0.1) is 0 Å². The highest BCUT2D eigenvalue weighted by atomic mass is 16.7. The molecule has 1 unspecified atom stereocenters. The molecule has 0 bridgehead atoms. The minimum atomic E-state index is -0.278. The molecule has 14 heavy (non-hydrogen) atoms. The van der Waals surface area contributed by atoms with E-state index in [4.69, 9.17) is 15.2 Å². The summed E-state index contributed by atoms with van der Waals surface area (Å²) in [5, 5.41) is 0. The molecular weight excluding hydrogens is 178 g/mol. The first-order chi connectivity index (χ1) is 6.55. The third-order valence-electron chi connectivity index (χ3n) is 3.54. The highest BCUT2D eigenvalue weighted by Gasteiger charge is 2.45. The fraction of sp³-hybridized carbons (Fsp3) is 1.00. The molecule has 0 aromatic rings. The summed E-state index contributed by atoms with van der Waals surface area (Å²) >= 11 is 0. The van der Waals surface area contributed by atoms with E-state index in [9.17, 15) is 0 Å². The number of rotatable bonds is 1. The van der Waals surface area contributed by atoms with E-state index in [2.05, 4.69) is 13.8 Å². The fourth-order valence-corrected chi connectivity index (χ4v) is 2.30. The molecule has 1 atom stereocenters. The first-order valence-corrected chi connectivity index (χ1v) is 5.57. The van der Waals surface area contributed by atoms with Crippen LogP contribution in [0, 0.1) is 5.41 Å². The number of ether oxygens (including phenoxy) is 2. The lowest BCUT2D eigenvalue weighted by Crippen LogP contribution is -2.39. The van der Waals surface area contributed by atoms with E-state index in [1.165, 1.54) is 12.8 Å². The maximum absolute atomic E-state index is 5.89. The number of hydrogen-bond donors (Lipinski definition) is 1. The summed E-state index contributed by atoms with van der Waals surface area (Å²) in [7, 11) is 0. The van der Waals surface area contributed by atoms with Crippen molar-refractivity contribution in [2.75, 3.05) is 13.2 Å². The van der Waals surface area contributed by atoms with Gasteiger partial charge in [-0.2, -0.15) is 0 Å². The largest absolute Gasteiger partial charge is 0.347 e. The lowest BCUT2D eigenvalue weighted by molar-refractivity contribution is -0.197. The van der Waals surface area contributed by atoms with Crippen LogP contribution >= 0.6 is 0 Å². The van der Waals surface area contributed by atoms with Crippen molar-refractivity contribution in [3.63, 3.8) is 0 Å². The summed E-state index contributed by atoms with van der Waals surface area (Å²) in [5.41, 5.74) is 6.03. The Morgan fingerprint density at radius 2 is 1.86 bits per heavy atom. The van der Waals surface area contributed by atoms with Crippen LogP contribution in [0.2, 0.25) is 0 Å². The van der Waals surface area contributed by atoms with Crippen molar-refractivity contribution >= 4 is 0 Å². The van der Waals surface area contributed by atoms with Crippen LogP contribution in [-0.4, -0.2) is 25.0 Å². The Hall–Kier alpha value is -0.120. The van der Waals surface area contributed by atoms with Crippen LogP contribution in [0.15, 0.2) is 0 Å². The Labute approximate surface area is 85.9 Å². The second-order valence-corrected chi connectivity index (χ2v) is 5.36. The van der Waals surface area contributed by atoms with E-state index < -0.39 is 0 Å². The zero-order valence-corrected chi connectivity index (χ0v) is 9.21. The van der Waals surface area contributed by atoms with Crippen LogP contribution in [-0.2, 0) is 9.47 Å². The van der Waals surface area contributed by atoms with Crippen molar-refractivity contribution < 1.29 is 9.47 Å². The molecule has 1 aliphatic carbocycles. The molecule has 2 N–H and O–H groups in total. The van der Waals surface area contributed by atoms with Gasteiger partial charge in [0, 0.05) is 19.4 Å². The minimum Gasteiger partial charge on any atom is -0.347 e. The van der Waals surface area contributed by atoms with Crippen molar-refractivity contribution in [2.45, 2.75) is 51.4 Å². The normalized spacial score (nSPS) is 34.9. The molecule has 0 aromatic heterocycles. The van der Waals surface area contributed by atoms with Gasteiger partial charge < -0.3 is 15.2 Å². The summed E-state index contributed by atoms with van der Waals surface area (Å²) in [5.74, 6) is -0.278. The standard InChI is InChI=1S/C11H21NO2/c1-10(2)3-5-11(6-4-10)13-8-9(7-12)14-11/h9H,3-8,12H2,1-2H3. The number of nitrogens with two attached hydrogens (primary N) is 1. The second-order valence-electron chi connectivity index (χ2n) is 5.36. The summed E-state index contributed by atoms with van der Waals surface area (Å²) in [4.78, 5) is 0. The van der Waals surface area contributed by atoms with Gasteiger partial charge in [0.2, 0.25) is 0 Å². The minimum absolute atomic E-state index is 0.121. The van der Waals surface area contributed by atoms with E-state index in [0.29, 0.717) is 18.6 Å². The molecule has 2 fully saturated rings. The average molecular weight is 199 g/mol. The molecule has 0 amide bonds. The van der Waals surface area contributed by atoms with Crippen LogP contribution in [0.3, 0.4) is 0 Å². The molecule has 1 saturated heterocycles. The molecule has 2 aliphatic rings. The summed E-state index contributed by atoms with van der Waals surface area (Å²) in [6, 6.07) is 0. The highest BCUT2D eigenvalue weighted by molar-refractivity contribution is 4.88. The molecule has 3 heteroatoms. The first-order valence-electron chi connectivity index (χ1n) is 5.57. The molecule has 0 aromatic carbocycles. The first kappa shape index (κ1) is 10.4. The van der Waals surface area contributed by atoms with E-state index in [0.717, 1.165) is 12.8 Å². The Kier molecular flexibility index (Phi) is 2.58. The van der Waals surface area contributed by atoms with Gasteiger partial charge in [-0.25, -0.2) is 0 Å². The van der Waals surface area contributed by atoms with Crippen molar-refractivity contribution in [1.82, 2.24) is 0 Å². The molecule has 1 heterocycles. The molecular formula is C11H21NO2.